The van der Waals surface area contributed by atoms with E-state index in [1.54, 1.807) is 24.3 Å². The van der Waals surface area contributed by atoms with Crippen LogP contribution >= 0.6 is 0 Å². The molecule has 0 atom stereocenters. The van der Waals surface area contributed by atoms with Crippen molar-refractivity contribution in [1.29, 1.82) is 0 Å². The Balaban J connectivity index is 1.46. The first kappa shape index (κ1) is 25.8. The van der Waals surface area contributed by atoms with Gasteiger partial charge >= 0.3 is 17.3 Å². The van der Waals surface area contributed by atoms with Gasteiger partial charge in [-0.3, -0.25) is 9.36 Å². The molecule has 0 aliphatic heterocycles. The van der Waals surface area contributed by atoms with Crippen molar-refractivity contribution in [3.63, 3.8) is 0 Å². The number of benzene rings is 2. The molecular formula is C28H26FN5O5. The number of aryl methyl sites for hydroxylation is 1. The molecule has 10 nitrogen and oxygen atoms in total. The fourth-order valence-electron chi connectivity index (χ4n) is 4.18. The smallest absolute Gasteiger partial charge is 0.354 e. The van der Waals surface area contributed by atoms with Crippen LogP contribution in [-0.2, 0) is 22.6 Å². The molecule has 11 heteroatoms. The molecule has 2 aromatic heterocycles. The molecule has 4 aromatic rings. The normalized spacial score (nSPS) is 13.5. The average Bonchev–Trinajstić information content (AvgIpc) is 3.71. The van der Waals surface area contributed by atoms with Crippen LogP contribution in [0, 0.1) is 18.3 Å². The summed E-state index contributed by atoms with van der Waals surface area (Å²) in [5.41, 5.74) is 0.183. The molecule has 0 amide bonds. The van der Waals surface area contributed by atoms with Gasteiger partial charge in [0.15, 0.2) is 0 Å². The second-order valence-electron chi connectivity index (χ2n) is 9.48. The van der Waals surface area contributed by atoms with Crippen LogP contribution in [0.25, 0.3) is 0 Å². The minimum absolute atomic E-state index is 0.0465. The van der Waals surface area contributed by atoms with E-state index in [0.717, 1.165) is 15.7 Å². The van der Waals surface area contributed by atoms with Crippen LogP contribution in [0.3, 0.4) is 0 Å². The Morgan fingerprint density at radius 2 is 1.72 bits per heavy atom. The number of ether oxygens (including phenoxy) is 2. The largest absolute Gasteiger partial charge is 0.469 e. The van der Waals surface area contributed by atoms with Gasteiger partial charge in [0, 0.05) is 18.3 Å². The molecule has 1 fully saturated rings. The number of nitrogens with zero attached hydrogens (tertiary/aromatic N) is 4. The number of carbonyl (C=O) groups is 1. The Labute approximate surface area is 222 Å². The molecule has 2 heterocycles. The van der Waals surface area contributed by atoms with Crippen molar-refractivity contribution in [2.45, 2.75) is 32.9 Å². The van der Waals surface area contributed by atoms with Crippen LogP contribution in [-0.4, -0.2) is 32.2 Å². The number of halogens is 1. The van der Waals surface area contributed by atoms with Crippen molar-refractivity contribution in [2.24, 2.45) is 5.41 Å². The van der Waals surface area contributed by atoms with Gasteiger partial charge in [-0.25, -0.2) is 14.2 Å². The van der Waals surface area contributed by atoms with E-state index in [2.05, 4.69) is 15.3 Å². The number of hydrogen-bond acceptors (Lipinski definition) is 8. The third-order valence-electron chi connectivity index (χ3n) is 6.57. The monoisotopic (exact) mass is 531 g/mol. The van der Waals surface area contributed by atoms with Gasteiger partial charge in [-0.05, 0) is 55.7 Å². The molecule has 39 heavy (non-hydrogen) atoms. The third kappa shape index (κ3) is 5.71. The zero-order valence-corrected chi connectivity index (χ0v) is 21.4. The highest BCUT2D eigenvalue weighted by Gasteiger charge is 2.52. The van der Waals surface area contributed by atoms with Crippen molar-refractivity contribution >= 4 is 17.6 Å². The summed E-state index contributed by atoms with van der Waals surface area (Å²) < 4.78 is 26.2. The van der Waals surface area contributed by atoms with E-state index in [1.807, 2.05) is 31.2 Å². The van der Waals surface area contributed by atoms with Gasteiger partial charge in [-0.15, -0.1) is 0 Å². The van der Waals surface area contributed by atoms with Gasteiger partial charge in [0.05, 0.1) is 19.1 Å². The Morgan fingerprint density at radius 1 is 1.00 bits per heavy atom. The lowest BCUT2D eigenvalue weighted by molar-refractivity contribution is -0.147. The predicted octanol–water partition coefficient (Wildman–Crippen LogP) is 3.78. The van der Waals surface area contributed by atoms with E-state index in [4.69, 9.17) is 9.47 Å². The van der Waals surface area contributed by atoms with Crippen LogP contribution in [0.4, 0.5) is 16.0 Å². The number of nitrogens with one attached hydrogen (secondary N) is 1. The number of pyridine rings is 1. The van der Waals surface area contributed by atoms with Crippen molar-refractivity contribution in [2.75, 3.05) is 12.4 Å². The van der Waals surface area contributed by atoms with Gasteiger partial charge in [0.25, 0.3) is 0 Å². The molecule has 0 saturated heterocycles. The minimum atomic E-state index is -0.887. The highest BCUT2D eigenvalue weighted by atomic mass is 19.1. The Hall–Kier alpha value is -4.80. The maximum absolute atomic E-state index is 13.6. The highest BCUT2D eigenvalue weighted by Crippen LogP contribution is 2.47. The van der Waals surface area contributed by atoms with E-state index in [-0.39, 0.29) is 24.9 Å². The van der Waals surface area contributed by atoms with Gasteiger partial charge < -0.3 is 14.8 Å². The van der Waals surface area contributed by atoms with Gasteiger partial charge in [-0.1, -0.05) is 35.9 Å². The molecule has 0 spiro atoms. The molecule has 0 radical (unpaired) electrons. The lowest BCUT2D eigenvalue weighted by Crippen LogP contribution is -2.45. The van der Waals surface area contributed by atoms with E-state index in [9.17, 15) is 18.8 Å². The van der Waals surface area contributed by atoms with E-state index in [0.29, 0.717) is 24.3 Å². The summed E-state index contributed by atoms with van der Waals surface area (Å²) in [5.74, 6) is -0.538. The van der Waals surface area contributed by atoms with E-state index < -0.39 is 28.7 Å². The first-order valence-corrected chi connectivity index (χ1v) is 12.3. The SMILES string of the molecule is COC(=O)C1(Cn2c(=O)nc(Nc3ccc(Oc4cccc(F)n4)cc3)n(Cc3ccc(C)cc3)c2=O)CC1. The van der Waals surface area contributed by atoms with Crippen molar-refractivity contribution in [3.8, 4) is 11.6 Å². The zero-order valence-electron chi connectivity index (χ0n) is 21.4. The predicted molar refractivity (Wildman–Crippen MR) is 141 cm³/mol. The summed E-state index contributed by atoms with van der Waals surface area (Å²) in [6.07, 6.45) is 1.06. The van der Waals surface area contributed by atoms with Crippen LogP contribution in [0.15, 0.2) is 76.3 Å². The first-order chi connectivity index (χ1) is 18.8. The topological polar surface area (TPSA) is 117 Å². The number of methoxy groups -OCH3 is 1. The molecule has 200 valence electrons. The van der Waals surface area contributed by atoms with Crippen LogP contribution in [0.2, 0.25) is 0 Å². The number of hydrogen-bond donors (Lipinski definition) is 1. The second-order valence-corrected chi connectivity index (χ2v) is 9.48. The van der Waals surface area contributed by atoms with Gasteiger partial charge in [-0.2, -0.15) is 14.4 Å². The van der Waals surface area contributed by atoms with Crippen LogP contribution in [0.5, 0.6) is 11.6 Å². The van der Waals surface area contributed by atoms with E-state index >= 15 is 0 Å². The second kappa shape index (κ2) is 10.5. The molecule has 1 saturated carbocycles. The van der Waals surface area contributed by atoms with E-state index in [1.165, 1.54) is 29.9 Å². The molecule has 1 N–H and O–H groups in total. The summed E-state index contributed by atoms with van der Waals surface area (Å²) in [6.45, 7) is 2.01. The molecule has 1 aliphatic carbocycles. The number of rotatable bonds is 9. The maximum atomic E-state index is 13.6. The summed E-state index contributed by atoms with van der Waals surface area (Å²) >= 11 is 0. The van der Waals surface area contributed by atoms with Gasteiger partial charge in [0.2, 0.25) is 17.8 Å². The van der Waals surface area contributed by atoms with Crippen molar-refractivity contribution in [1.82, 2.24) is 19.1 Å². The lowest BCUT2D eigenvalue weighted by Gasteiger charge is -2.18. The molecule has 5 rings (SSSR count). The summed E-state index contributed by atoms with van der Waals surface area (Å²) in [7, 11) is 1.29. The Bertz CT molecular complexity index is 1630. The Kier molecular flexibility index (Phi) is 6.97. The zero-order chi connectivity index (χ0) is 27.6. The molecule has 0 unspecified atom stereocenters. The highest BCUT2D eigenvalue weighted by molar-refractivity contribution is 5.79. The molecule has 0 bridgehead atoms. The minimum Gasteiger partial charge on any atom is -0.469 e. The lowest BCUT2D eigenvalue weighted by atomic mass is 10.1. The summed E-state index contributed by atoms with van der Waals surface area (Å²) in [5, 5.41) is 3.04. The number of carbonyl (C=O) groups excluding carboxylic acids is 1. The van der Waals surface area contributed by atoms with Crippen molar-refractivity contribution in [3.05, 3.63) is 105 Å². The molecule has 1 aliphatic rings. The number of anilines is 2. The summed E-state index contributed by atoms with van der Waals surface area (Å²) in [4.78, 5) is 46.7. The first-order valence-electron chi connectivity index (χ1n) is 12.3. The fraction of sp³-hybridized carbons (Fsp3) is 0.250. The fourth-order valence-corrected chi connectivity index (χ4v) is 4.18. The van der Waals surface area contributed by atoms with Crippen molar-refractivity contribution < 1.29 is 18.7 Å². The number of esters is 1. The Morgan fingerprint density at radius 3 is 2.36 bits per heavy atom. The maximum Gasteiger partial charge on any atom is 0.354 e. The number of aromatic nitrogens is 4. The molecule has 2 aromatic carbocycles. The molecular weight excluding hydrogens is 505 g/mol. The quantitative estimate of drug-likeness (QED) is 0.256. The van der Waals surface area contributed by atoms with Crippen LogP contribution in [0.1, 0.15) is 24.0 Å². The van der Waals surface area contributed by atoms with Crippen LogP contribution < -0.4 is 21.4 Å². The average molecular weight is 532 g/mol. The van der Waals surface area contributed by atoms with Gasteiger partial charge in [0.1, 0.15) is 5.75 Å². The standard InChI is InChI=1S/C28H26FN5O5/c1-18-6-8-19(9-7-18)16-33-25(32-26(36)34(27(33)37)17-28(14-15-28)24(35)38-2)30-20-10-12-21(13-11-20)39-23-5-3-4-22(29)31-23/h3-13H,14-17H2,1-2H3,(H,30,32,36). The third-order valence-corrected chi connectivity index (χ3v) is 6.57. The summed E-state index contributed by atoms with van der Waals surface area (Å²) in [6, 6.07) is 18.5.